The molecule has 3 aromatic rings. The van der Waals surface area contributed by atoms with E-state index in [9.17, 15) is 4.79 Å². The van der Waals surface area contributed by atoms with Crippen LogP contribution in [-0.2, 0) is 11.3 Å². The highest BCUT2D eigenvalue weighted by Gasteiger charge is 2.26. The van der Waals surface area contributed by atoms with E-state index in [0.29, 0.717) is 18.8 Å². The quantitative estimate of drug-likeness (QED) is 0.638. The Labute approximate surface area is 166 Å². The van der Waals surface area contributed by atoms with Crippen molar-refractivity contribution >= 4 is 5.97 Å². The van der Waals surface area contributed by atoms with Gasteiger partial charge in [0.05, 0.1) is 18.0 Å². The fourth-order valence-electron chi connectivity index (χ4n) is 2.98. The third-order valence-corrected chi connectivity index (χ3v) is 4.30. The lowest BCUT2D eigenvalue weighted by Gasteiger charge is -2.21. The number of benzene rings is 2. The third-order valence-electron chi connectivity index (χ3n) is 4.30. The molecule has 0 amide bonds. The summed E-state index contributed by atoms with van der Waals surface area (Å²) < 4.78 is 7.13. The van der Waals surface area contributed by atoms with Gasteiger partial charge in [-0.2, -0.15) is 5.10 Å². The van der Waals surface area contributed by atoms with Crippen molar-refractivity contribution in [2.45, 2.75) is 39.8 Å². The lowest BCUT2D eigenvalue weighted by molar-refractivity contribution is 0.0517. The van der Waals surface area contributed by atoms with Gasteiger partial charge in [0.15, 0.2) is 5.69 Å². The van der Waals surface area contributed by atoms with E-state index in [1.54, 1.807) is 6.92 Å². The van der Waals surface area contributed by atoms with Gasteiger partial charge in [-0.25, -0.2) is 9.48 Å². The van der Waals surface area contributed by atoms with E-state index in [0.717, 1.165) is 22.5 Å². The molecule has 1 heterocycles. The number of carbonyl (C=O) groups excluding carboxylic acids is 1. The minimum atomic E-state index is -0.403. The lowest BCUT2D eigenvalue weighted by Crippen LogP contribution is -2.35. The van der Waals surface area contributed by atoms with Crippen LogP contribution in [0.5, 0.6) is 0 Å². The summed E-state index contributed by atoms with van der Waals surface area (Å²) in [5.41, 5.74) is 3.87. The first-order valence-electron chi connectivity index (χ1n) is 9.55. The molecule has 0 atom stereocenters. The smallest absolute Gasteiger partial charge is 0.359 e. The van der Waals surface area contributed by atoms with Crippen LogP contribution in [0.25, 0.3) is 16.9 Å². The number of rotatable bonds is 6. The van der Waals surface area contributed by atoms with Crippen LogP contribution in [0.2, 0.25) is 0 Å². The van der Waals surface area contributed by atoms with Crippen molar-refractivity contribution < 1.29 is 9.53 Å². The number of aromatic nitrogens is 2. The molecule has 2 aromatic carbocycles. The van der Waals surface area contributed by atoms with Crippen molar-refractivity contribution in [3.8, 4) is 16.9 Å². The molecule has 1 aromatic heterocycles. The highest BCUT2D eigenvalue weighted by Crippen LogP contribution is 2.30. The van der Waals surface area contributed by atoms with Crippen LogP contribution in [0.3, 0.4) is 0 Å². The van der Waals surface area contributed by atoms with Crippen LogP contribution < -0.4 is 5.32 Å². The van der Waals surface area contributed by atoms with Crippen molar-refractivity contribution in [3.05, 3.63) is 71.9 Å². The molecular formula is C23H27N3O2. The van der Waals surface area contributed by atoms with Crippen LogP contribution in [0.1, 0.15) is 43.7 Å². The molecule has 146 valence electrons. The molecule has 0 saturated heterocycles. The monoisotopic (exact) mass is 377 g/mol. The highest BCUT2D eigenvalue weighted by atomic mass is 16.5. The second kappa shape index (κ2) is 8.40. The van der Waals surface area contributed by atoms with Crippen molar-refractivity contribution in [1.82, 2.24) is 15.1 Å². The molecule has 0 fully saturated rings. The molecular weight excluding hydrogens is 350 g/mol. The minimum absolute atomic E-state index is 0.102. The second-order valence-electron chi connectivity index (χ2n) is 7.61. The normalized spacial score (nSPS) is 11.4. The highest BCUT2D eigenvalue weighted by molar-refractivity contribution is 5.91. The average Bonchev–Trinajstić information content (AvgIpc) is 3.07. The maximum atomic E-state index is 12.7. The summed E-state index contributed by atoms with van der Waals surface area (Å²) in [7, 11) is 0. The van der Waals surface area contributed by atoms with Gasteiger partial charge in [0.1, 0.15) is 0 Å². The Kier molecular flexibility index (Phi) is 5.95. The summed E-state index contributed by atoms with van der Waals surface area (Å²) in [4.78, 5) is 12.7. The molecule has 5 nitrogen and oxygen atoms in total. The number of esters is 1. The summed E-state index contributed by atoms with van der Waals surface area (Å²) in [6, 6.07) is 19.9. The number of hydrogen-bond acceptors (Lipinski definition) is 4. The van der Waals surface area contributed by atoms with E-state index < -0.39 is 5.97 Å². The predicted octanol–water partition coefficient (Wildman–Crippen LogP) is 4.60. The largest absolute Gasteiger partial charge is 0.461 e. The third kappa shape index (κ3) is 4.49. The van der Waals surface area contributed by atoms with Crippen LogP contribution >= 0.6 is 0 Å². The number of para-hydroxylation sites is 1. The number of nitrogens with zero attached hydrogens (tertiary/aromatic N) is 2. The molecule has 3 rings (SSSR count). The Bertz CT molecular complexity index is 926. The molecule has 0 radical (unpaired) electrons. The van der Waals surface area contributed by atoms with Gasteiger partial charge < -0.3 is 10.1 Å². The first kappa shape index (κ1) is 19.8. The van der Waals surface area contributed by atoms with Gasteiger partial charge in [0.2, 0.25) is 0 Å². The van der Waals surface area contributed by atoms with Gasteiger partial charge in [0, 0.05) is 23.2 Å². The van der Waals surface area contributed by atoms with E-state index in [4.69, 9.17) is 4.74 Å². The molecule has 0 bridgehead atoms. The van der Waals surface area contributed by atoms with Gasteiger partial charge in [0.25, 0.3) is 0 Å². The van der Waals surface area contributed by atoms with Crippen molar-refractivity contribution in [1.29, 1.82) is 0 Å². The summed E-state index contributed by atoms with van der Waals surface area (Å²) in [5.74, 6) is -0.403. The summed E-state index contributed by atoms with van der Waals surface area (Å²) in [6.45, 7) is 8.92. The summed E-state index contributed by atoms with van der Waals surface area (Å²) in [6.07, 6.45) is 0. The Balaban J connectivity index is 2.23. The average molecular weight is 377 g/mol. The molecule has 0 saturated carbocycles. The summed E-state index contributed by atoms with van der Waals surface area (Å²) >= 11 is 0. The Morgan fingerprint density at radius 3 is 2.21 bits per heavy atom. The van der Waals surface area contributed by atoms with Gasteiger partial charge in [-0.05, 0) is 39.8 Å². The number of hydrogen-bond donors (Lipinski definition) is 1. The summed E-state index contributed by atoms with van der Waals surface area (Å²) in [5, 5.41) is 8.17. The SMILES string of the molecule is CCOC(=O)c1nn(-c2ccccc2)c(-c2ccccc2)c1CNC(C)(C)C. The molecule has 0 unspecified atom stereocenters. The minimum Gasteiger partial charge on any atom is -0.461 e. The predicted molar refractivity (Wildman–Crippen MR) is 112 cm³/mol. The molecule has 0 aliphatic heterocycles. The van der Waals surface area contributed by atoms with Crippen molar-refractivity contribution in [2.75, 3.05) is 6.61 Å². The molecule has 28 heavy (non-hydrogen) atoms. The van der Waals surface area contributed by atoms with Crippen molar-refractivity contribution in [3.63, 3.8) is 0 Å². The van der Waals surface area contributed by atoms with Crippen LogP contribution in [0.4, 0.5) is 0 Å². The maximum Gasteiger partial charge on any atom is 0.359 e. The molecule has 1 N–H and O–H groups in total. The molecule has 0 aliphatic carbocycles. The first-order valence-corrected chi connectivity index (χ1v) is 9.55. The van der Waals surface area contributed by atoms with Crippen LogP contribution in [0.15, 0.2) is 60.7 Å². The van der Waals surface area contributed by atoms with Crippen LogP contribution in [0, 0.1) is 0 Å². The van der Waals surface area contributed by atoms with Gasteiger partial charge in [-0.15, -0.1) is 0 Å². The van der Waals surface area contributed by atoms with E-state index in [1.165, 1.54) is 0 Å². The van der Waals surface area contributed by atoms with Crippen LogP contribution in [-0.4, -0.2) is 27.9 Å². The van der Waals surface area contributed by atoms with E-state index >= 15 is 0 Å². The molecule has 5 heteroatoms. The zero-order chi connectivity index (χ0) is 20.1. The fraction of sp³-hybridized carbons (Fsp3) is 0.304. The zero-order valence-electron chi connectivity index (χ0n) is 16.9. The molecule has 0 spiro atoms. The maximum absolute atomic E-state index is 12.7. The topological polar surface area (TPSA) is 56.1 Å². The van der Waals surface area contributed by atoms with E-state index in [-0.39, 0.29) is 5.54 Å². The second-order valence-corrected chi connectivity index (χ2v) is 7.61. The van der Waals surface area contributed by atoms with E-state index in [2.05, 4.69) is 31.2 Å². The van der Waals surface area contributed by atoms with Gasteiger partial charge in [-0.1, -0.05) is 48.5 Å². The standard InChI is InChI=1S/C23H27N3O2/c1-5-28-22(27)20-19(16-24-23(2,3)4)21(17-12-8-6-9-13-17)26(25-20)18-14-10-7-11-15-18/h6-15,24H,5,16H2,1-4H3. The van der Waals surface area contributed by atoms with Gasteiger partial charge in [-0.3, -0.25) is 0 Å². The van der Waals surface area contributed by atoms with Gasteiger partial charge >= 0.3 is 5.97 Å². The number of ether oxygens (including phenoxy) is 1. The van der Waals surface area contributed by atoms with Crippen molar-refractivity contribution in [2.24, 2.45) is 0 Å². The fourth-order valence-corrected chi connectivity index (χ4v) is 2.98. The number of nitrogens with one attached hydrogen (secondary N) is 1. The number of carbonyl (C=O) groups is 1. The Morgan fingerprint density at radius 1 is 1.04 bits per heavy atom. The Morgan fingerprint density at radius 2 is 1.64 bits per heavy atom. The molecule has 0 aliphatic rings. The first-order chi connectivity index (χ1) is 13.4. The zero-order valence-corrected chi connectivity index (χ0v) is 16.9. The van der Waals surface area contributed by atoms with E-state index in [1.807, 2.05) is 65.3 Å². The Hall–Kier alpha value is -2.92. The lowest BCUT2D eigenvalue weighted by atomic mass is 10.0.